The van der Waals surface area contributed by atoms with Crippen LogP contribution in [-0.2, 0) is 17.6 Å². The Labute approximate surface area is 110 Å². The molecule has 3 nitrogen and oxygen atoms in total. The number of hydrogen-bond acceptors (Lipinski definition) is 2. The van der Waals surface area contributed by atoms with Gasteiger partial charge in [0.25, 0.3) is 0 Å². The van der Waals surface area contributed by atoms with Crippen molar-refractivity contribution in [1.29, 1.82) is 0 Å². The molecule has 3 heteroatoms. The minimum Gasteiger partial charge on any atom is -0.344 e. The Morgan fingerprint density at radius 3 is 2.17 bits per heavy atom. The first-order valence-electron chi connectivity index (χ1n) is 6.47. The number of aryl methyl sites for hydroxylation is 1. The summed E-state index contributed by atoms with van der Waals surface area (Å²) in [4.78, 5) is 13.6. The van der Waals surface area contributed by atoms with Crippen LogP contribution in [0.3, 0.4) is 0 Å². The molecule has 0 aliphatic rings. The van der Waals surface area contributed by atoms with Crippen molar-refractivity contribution in [2.75, 3.05) is 13.6 Å². The third-order valence-corrected chi connectivity index (χ3v) is 3.07. The van der Waals surface area contributed by atoms with Gasteiger partial charge in [-0.05, 0) is 37.8 Å². The van der Waals surface area contributed by atoms with Crippen LogP contribution in [0.15, 0.2) is 24.3 Å². The molecule has 100 valence electrons. The second-order valence-corrected chi connectivity index (χ2v) is 5.37. The summed E-state index contributed by atoms with van der Waals surface area (Å²) in [5.74, 6) is -0.0207. The first-order valence-corrected chi connectivity index (χ1v) is 6.47. The van der Waals surface area contributed by atoms with E-state index in [1.54, 1.807) is 25.8 Å². The number of hydrogen-bond donors (Lipinski definition) is 1. The van der Waals surface area contributed by atoms with E-state index in [1.807, 2.05) is 0 Å². The summed E-state index contributed by atoms with van der Waals surface area (Å²) in [6, 6.07) is 8.55. The molecule has 0 saturated heterocycles. The topological polar surface area (TPSA) is 46.3 Å². The van der Waals surface area contributed by atoms with Crippen molar-refractivity contribution < 1.29 is 4.79 Å². The van der Waals surface area contributed by atoms with E-state index in [9.17, 15) is 4.79 Å². The van der Waals surface area contributed by atoms with Crippen LogP contribution in [-0.4, -0.2) is 29.9 Å². The SMILES string of the molecule is CCc1ccc(CCN(C)C(=O)C(C)(C)N)cc1. The van der Waals surface area contributed by atoms with Gasteiger partial charge in [-0.2, -0.15) is 0 Å². The van der Waals surface area contributed by atoms with Gasteiger partial charge < -0.3 is 10.6 Å². The normalized spacial score (nSPS) is 11.4. The van der Waals surface area contributed by atoms with Crippen molar-refractivity contribution >= 4 is 5.91 Å². The maximum atomic E-state index is 11.9. The number of benzene rings is 1. The average molecular weight is 248 g/mol. The molecule has 0 aliphatic heterocycles. The van der Waals surface area contributed by atoms with Gasteiger partial charge in [-0.15, -0.1) is 0 Å². The Hall–Kier alpha value is -1.35. The molecule has 0 radical (unpaired) electrons. The van der Waals surface area contributed by atoms with Crippen molar-refractivity contribution in [2.24, 2.45) is 5.73 Å². The molecule has 0 aliphatic carbocycles. The highest BCUT2D eigenvalue weighted by atomic mass is 16.2. The van der Waals surface area contributed by atoms with E-state index in [2.05, 4.69) is 31.2 Å². The summed E-state index contributed by atoms with van der Waals surface area (Å²) < 4.78 is 0. The number of nitrogens with two attached hydrogens (primary N) is 1. The molecule has 0 atom stereocenters. The van der Waals surface area contributed by atoms with Crippen LogP contribution in [0, 0.1) is 0 Å². The predicted octanol–water partition coefficient (Wildman–Crippen LogP) is 1.99. The summed E-state index contributed by atoms with van der Waals surface area (Å²) in [5, 5.41) is 0. The van der Waals surface area contributed by atoms with Gasteiger partial charge >= 0.3 is 0 Å². The lowest BCUT2D eigenvalue weighted by Gasteiger charge is -2.25. The molecule has 0 fully saturated rings. The van der Waals surface area contributed by atoms with Crippen molar-refractivity contribution in [3.63, 3.8) is 0 Å². The number of carbonyl (C=O) groups excluding carboxylic acids is 1. The molecule has 0 saturated carbocycles. The highest BCUT2D eigenvalue weighted by Gasteiger charge is 2.25. The summed E-state index contributed by atoms with van der Waals surface area (Å²) in [7, 11) is 1.80. The predicted molar refractivity (Wildman–Crippen MR) is 75.4 cm³/mol. The van der Waals surface area contributed by atoms with Crippen LogP contribution in [0.4, 0.5) is 0 Å². The summed E-state index contributed by atoms with van der Waals surface area (Å²) in [6.45, 7) is 6.32. The fourth-order valence-electron chi connectivity index (χ4n) is 1.83. The van der Waals surface area contributed by atoms with Crippen LogP contribution in [0.1, 0.15) is 31.9 Å². The third kappa shape index (κ3) is 4.15. The van der Waals surface area contributed by atoms with E-state index in [-0.39, 0.29) is 5.91 Å². The zero-order valence-electron chi connectivity index (χ0n) is 11.9. The second-order valence-electron chi connectivity index (χ2n) is 5.37. The molecule has 0 spiro atoms. The Bertz CT molecular complexity index is 390. The number of likely N-dealkylation sites (N-methyl/N-ethyl adjacent to an activating group) is 1. The molecule has 0 heterocycles. The van der Waals surface area contributed by atoms with Gasteiger partial charge in [0.2, 0.25) is 5.91 Å². The maximum absolute atomic E-state index is 11.9. The number of rotatable bonds is 5. The largest absolute Gasteiger partial charge is 0.344 e. The Balaban J connectivity index is 2.52. The third-order valence-electron chi connectivity index (χ3n) is 3.07. The quantitative estimate of drug-likeness (QED) is 0.866. The molecule has 0 aromatic heterocycles. The van der Waals surface area contributed by atoms with Crippen molar-refractivity contribution in [3.8, 4) is 0 Å². The van der Waals surface area contributed by atoms with Crippen molar-refractivity contribution in [2.45, 2.75) is 39.2 Å². The first-order chi connectivity index (χ1) is 8.34. The van der Waals surface area contributed by atoms with Crippen molar-refractivity contribution in [3.05, 3.63) is 35.4 Å². The van der Waals surface area contributed by atoms with E-state index < -0.39 is 5.54 Å². The number of amides is 1. The highest BCUT2D eigenvalue weighted by Crippen LogP contribution is 2.08. The molecule has 18 heavy (non-hydrogen) atoms. The Kier molecular flexibility index (Phi) is 4.91. The number of nitrogens with zero attached hydrogens (tertiary/aromatic N) is 1. The van der Waals surface area contributed by atoms with Crippen LogP contribution in [0.25, 0.3) is 0 Å². The lowest BCUT2D eigenvalue weighted by atomic mass is 10.0. The molecule has 2 N–H and O–H groups in total. The molecule has 0 bridgehead atoms. The summed E-state index contributed by atoms with van der Waals surface area (Å²) >= 11 is 0. The second kappa shape index (κ2) is 6.01. The van der Waals surface area contributed by atoms with E-state index in [1.165, 1.54) is 11.1 Å². The van der Waals surface area contributed by atoms with E-state index in [4.69, 9.17) is 5.73 Å². The summed E-state index contributed by atoms with van der Waals surface area (Å²) in [5.41, 5.74) is 7.60. The minimum absolute atomic E-state index is 0.0207. The van der Waals surface area contributed by atoms with Gasteiger partial charge in [0.05, 0.1) is 5.54 Å². The zero-order chi connectivity index (χ0) is 13.8. The van der Waals surface area contributed by atoms with Crippen LogP contribution in [0.5, 0.6) is 0 Å². The summed E-state index contributed by atoms with van der Waals surface area (Å²) in [6.07, 6.45) is 1.92. The zero-order valence-corrected chi connectivity index (χ0v) is 11.9. The standard InChI is InChI=1S/C15H24N2O/c1-5-12-6-8-13(9-7-12)10-11-17(4)14(18)15(2,3)16/h6-9H,5,10-11,16H2,1-4H3. The van der Waals surface area contributed by atoms with E-state index >= 15 is 0 Å². The highest BCUT2D eigenvalue weighted by molar-refractivity contribution is 5.84. The average Bonchev–Trinajstić information content (AvgIpc) is 2.34. The van der Waals surface area contributed by atoms with Crippen LogP contribution in [0.2, 0.25) is 0 Å². The lowest BCUT2D eigenvalue weighted by molar-refractivity contribution is -0.134. The minimum atomic E-state index is -0.791. The molecule has 1 rings (SSSR count). The van der Waals surface area contributed by atoms with Gasteiger partial charge in [0.15, 0.2) is 0 Å². The molecule has 0 unspecified atom stereocenters. The molecule has 1 aromatic rings. The molecular weight excluding hydrogens is 224 g/mol. The van der Waals surface area contributed by atoms with Gasteiger partial charge in [0.1, 0.15) is 0 Å². The Morgan fingerprint density at radius 2 is 1.72 bits per heavy atom. The van der Waals surface area contributed by atoms with E-state index in [0.717, 1.165) is 12.8 Å². The van der Waals surface area contributed by atoms with Gasteiger partial charge in [-0.1, -0.05) is 31.2 Å². The smallest absolute Gasteiger partial charge is 0.241 e. The molecule has 1 aromatic carbocycles. The van der Waals surface area contributed by atoms with Crippen LogP contribution < -0.4 is 5.73 Å². The fourth-order valence-corrected chi connectivity index (χ4v) is 1.83. The first kappa shape index (κ1) is 14.7. The monoisotopic (exact) mass is 248 g/mol. The Morgan fingerprint density at radius 1 is 1.22 bits per heavy atom. The lowest BCUT2D eigenvalue weighted by Crippen LogP contribution is -2.50. The maximum Gasteiger partial charge on any atom is 0.241 e. The fraction of sp³-hybridized carbons (Fsp3) is 0.533. The van der Waals surface area contributed by atoms with Gasteiger partial charge in [0, 0.05) is 13.6 Å². The van der Waals surface area contributed by atoms with Gasteiger partial charge in [-0.3, -0.25) is 4.79 Å². The molecular formula is C15H24N2O. The van der Waals surface area contributed by atoms with Crippen LogP contribution >= 0.6 is 0 Å². The van der Waals surface area contributed by atoms with Gasteiger partial charge in [-0.25, -0.2) is 0 Å². The van der Waals surface area contributed by atoms with E-state index in [0.29, 0.717) is 6.54 Å². The number of carbonyl (C=O) groups is 1. The van der Waals surface area contributed by atoms with Crippen molar-refractivity contribution in [1.82, 2.24) is 4.90 Å². The molecule has 1 amide bonds.